The number of nitrogens with one attached hydrogen (secondary N) is 1. The molecular formula is C14H20N2O3S. The predicted molar refractivity (Wildman–Crippen MR) is 76.6 cm³/mol. The van der Waals surface area contributed by atoms with Crippen molar-refractivity contribution in [2.45, 2.75) is 44.1 Å². The fraction of sp³-hybridized carbons (Fsp3) is 0.500. The molecule has 0 aromatic heterocycles. The lowest BCUT2D eigenvalue weighted by molar-refractivity contribution is 0.0554. The molecule has 1 aromatic carbocycles. The van der Waals surface area contributed by atoms with Crippen LogP contribution in [-0.2, 0) is 10.0 Å². The van der Waals surface area contributed by atoms with Gasteiger partial charge in [0.05, 0.1) is 22.1 Å². The van der Waals surface area contributed by atoms with Gasteiger partial charge in [-0.3, -0.25) is 0 Å². The molecule has 0 spiro atoms. The molecule has 0 aliphatic heterocycles. The molecule has 5 nitrogen and oxygen atoms in total. The zero-order valence-corrected chi connectivity index (χ0v) is 12.8. The van der Waals surface area contributed by atoms with Crippen LogP contribution in [0.25, 0.3) is 0 Å². The molecule has 1 atom stereocenters. The summed E-state index contributed by atoms with van der Waals surface area (Å²) in [4.78, 5) is 0.0730. The fourth-order valence-corrected chi connectivity index (χ4v) is 3.34. The molecule has 20 heavy (non-hydrogen) atoms. The Bertz CT molecular complexity index is 616. The molecule has 0 bridgehead atoms. The van der Waals surface area contributed by atoms with Gasteiger partial charge in [0.1, 0.15) is 0 Å². The lowest BCUT2D eigenvalue weighted by Gasteiger charge is -2.23. The van der Waals surface area contributed by atoms with Crippen molar-refractivity contribution < 1.29 is 13.5 Å². The Kier molecular flexibility index (Phi) is 5.28. The van der Waals surface area contributed by atoms with E-state index < -0.39 is 15.6 Å². The van der Waals surface area contributed by atoms with Crippen molar-refractivity contribution in [1.29, 1.82) is 5.26 Å². The highest BCUT2D eigenvalue weighted by atomic mass is 32.2. The van der Waals surface area contributed by atoms with E-state index in [1.54, 1.807) is 26.0 Å². The summed E-state index contributed by atoms with van der Waals surface area (Å²) < 4.78 is 26.9. The van der Waals surface area contributed by atoms with Crippen molar-refractivity contribution in [2.24, 2.45) is 0 Å². The zero-order valence-electron chi connectivity index (χ0n) is 12.0. The molecule has 0 aliphatic carbocycles. The van der Waals surface area contributed by atoms with Crippen molar-refractivity contribution in [3.8, 4) is 6.07 Å². The van der Waals surface area contributed by atoms with Gasteiger partial charge in [-0.25, -0.2) is 13.1 Å². The van der Waals surface area contributed by atoms with Crippen molar-refractivity contribution in [1.82, 2.24) is 4.72 Å². The van der Waals surface area contributed by atoms with Crippen molar-refractivity contribution >= 4 is 10.0 Å². The van der Waals surface area contributed by atoms with Crippen LogP contribution >= 0.6 is 0 Å². The number of hydrogen-bond donors (Lipinski definition) is 2. The Hall–Kier alpha value is -1.42. The van der Waals surface area contributed by atoms with Gasteiger partial charge in [0, 0.05) is 6.54 Å². The first-order chi connectivity index (χ1) is 9.22. The number of nitriles is 1. The van der Waals surface area contributed by atoms with Crippen LogP contribution < -0.4 is 4.72 Å². The van der Waals surface area contributed by atoms with E-state index in [1.165, 1.54) is 6.07 Å². The maximum absolute atomic E-state index is 12.2. The standard InChI is InChI=1S/C14H20N2O3S/c1-4-7-14(3,17)10-16-20(18,19)13-8-12(9-15)6-5-11(13)2/h5-6,8,16-17H,4,7,10H2,1-3H3. The summed E-state index contributed by atoms with van der Waals surface area (Å²) in [6.07, 6.45) is 1.27. The summed E-state index contributed by atoms with van der Waals surface area (Å²) in [5.74, 6) is 0. The Morgan fingerprint density at radius 2 is 2.10 bits per heavy atom. The predicted octanol–water partition coefficient (Wildman–Crippen LogP) is 1.70. The molecule has 1 unspecified atom stereocenters. The van der Waals surface area contributed by atoms with Crippen molar-refractivity contribution in [3.05, 3.63) is 29.3 Å². The van der Waals surface area contributed by atoms with Crippen molar-refractivity contribution in [2.75, 3.05) is 6.54 Å². The smallest absolute Gasteiger partial charge is 0.240 e. The number of hydrogen-bond acceptors (Lipinski definition) is 4. The topological polar surface area (TPSA) is 90.2 Å². The summed E-state index contributed by atoms with van der Waals surface area (Å²) in [6, 6.07) is 6.42. The largest absolute Gasteiger partial charge is 0.389 e. The maximum atomic E-state index is 12.2. The normalized spacial score (nSPS) is 14.6. The highest BCUT2D eigenvalue weighted by Gasteiger charge is 2.24. The summed E-state index contributed by atoms with van der Waals surface area (Å²) in [5.41, 5.74) is -0.231. The average Bonchev–Trinajstić information content (AvgIpc) is 2.37. The van der Waals surface area contributed by atoms with Crippen molar-refractivity contribution in [3.63, 3.8) is 0 Å². The van der Waals surface area contributed by atoms with Gasteiger partial charge in [-0.15, -0.1) is 0 Å². The molecule has 0 radical (unpaired) electrons. The van der Waals surface area contributed by atoms with E-state index in [4.69, 9.17) is 5.26 Å². The quantitative estimate of drug-likeness (QED) is 0.836. The Labute approximate surface area is 120 Å². The van der Waals surface area contributed by atoms with Gasteiger partial charge >= 0.3 is 0 Å². The second-order valence-corrected chi connectivity index (χ2v) is 6.90. The van der Waals surface area contributed by atoms with Crippen LogP contribution in [0.4, 0.5) is 0 Å². The third-order valence-electron chi connectivity index (χ3n) is 3.04. The first kappa shape index (κ1) is 16.6. The minimum Gasteiger partial charge on any atom is -0.389 e. The third-order valence-corrected chi connectivity index (χ3v) is 4.58. The molecule has 1 rings (SSSR count). The van der Waals surface area contributed by atoms with E-state index in [9.17, 15) is 13.5 Å². The number of aliphatic hydroxyl groups is 1. The van der Waals surface area contributed by atoms with Gasteiger partial charge in [-0.1, -0.05) is 19.4 Å². The second-order valence-electron chi connectivity index (χ2n) is 5.16. The minimum atomic E-state index is -3.74. The molecule has 0 heterocycles. The molecule has 1 aromatic rings. The molecule has 0 saturated heterocycles. The average molecular weight is 296 g/mol. The SMILES string of the molecule is CCCC(C)(O)CNS(=O)(=O)c1cc(C#N)ccc1C. The van der Waals surface area contributed by atoms with Crippen LogP contribution in [0.5, 0.6) is 0 Å². The summed E-state index contributed by atoms with van der Waals surface area (Å²) in [6.45, 7) is 5.13. The summed E-state index contributed by atoms with van der Waals surface area (Å²) in [5, 5.41) is 18.9. The van der Waals surface area contributed by atoms with Crippen LogP contribution in [0, 0.1) is 18.3 Å². The first-order valence-electron chi connectivity index (χ1n) is 6.44. The molecule has 0 amide bonds. The molecular weight excluding hydrogens is 276 g/mol. The van der Waals surface area contributed by atoms with Crippen LogP contribution in [0.1, 0.15) is 37.8 Å². The van der Waals surface area contributed by atoms with Gasteiger partial charge in [0.2, 0.25) is 10.0 Å². The monoisotopic (exact) mass is 296 g/mol. The van der Waals surface area contributed by atoms with Crippen LogP contribution in [0.15, 0.2) is 23.1 Å². The lowest BCUT2D eigenvalue weighted by atomic mass is 10.0. The number of aryl methyl sites for hydroxylation is 1. The van der Waals surface area contributed by atoms with Gasteiger partial charge < -0.3 is 5.11 Å². The zero-order chi connectivity index (χ0) is 15.4. The van der Waals surface area contributed by atoms with E-state index in [0.29, 0.717) is 12.0 Å². The maximum Gasteiger partial charge on any atom is 0.240 e. The highest BCUT2D eigenvalue weighted by Crippen LogP contribution is 2.18. The third kappa shape index (κ3) is 4.30. The van der Waals surface area contributed by atoms with E-state index in [2.05, 4.69) is 4.72 Å². The van der Waals surface area contributed by atoms with E-state index >= 15 is 0 Å². The van der Waals surface area contributed by atoms with Gasteiger partial charge in [0.25, 0.3) is 0 Å². The highest BCUT2D eigenvalue weighted by molar-refractivity contribution is 7.89. The van der Waals surface area contributed by atoms with Gasteiger partial charge in [0.15, 0.2) is 0 Å². The minimum absolute atomic E-state index is 0.0562. The number of benzene rings is 1. The van der Waals surface area contributed by atoms with Crippen LogP contribution in [0.3, 0.4) is 0 Å². The van der Waals surface area contributed by atoms with E-state index in [1.807, 2.05) is 13.0 Å². The Balaban J connectivity index is 2.98. The molecule has 0 aliphatic rings. The van der Waals surface area contributed by atoms with Crippen LogP contribution in [-0.4, -0.2) is 25.7 Å². The Morgan fingerprint density at radius 1 is 1.45 bits per heavy atom. The first-order valence-corrected chi connectivity index (χ1v) is 7.93. The molecule has 110 valence electrons. The molecule has 6 heteroatoms. The van der Waals surface area contributed by atoms with Gasteiger partial charge in [-0.2, -0.15) is 5.26 Å². The lowest BCUT2D eigenvalue weighted by Crippen LogP contribution is -2.40. The van der Waals surface area contributed by atoms with E-state index in [0.717, 1.165) is 6.42 Å². The number of sulfonamides is 1. The summed E-state index contributed by atoms with van der Waals surface area (Å²) in [7, 11) is -3.74. The molecule has 0 saturated carbocycles. The Morgan fingerprint density at radius 3 is 2.65 bits per heavy atom. The van der Waals surface area contributed by atoms with E-state index in [-0.39, 0.29) is 17.0 Å². The second kappa shape index (κ2) is 6.35. The summed E-state index contributed by atoms with van der Waals surface area (Å²) >= 11 is 0. The molecule has 2 N–H and O–H groups in total. The number of rotatable bonds is 6. The number of nitrogens with zero attached hydrogens (tertiary/aromatic N) is 1. The fourth-order valence-electron chi connectivity index (χ4n) is 1.91. The molecule has 0 fully saturated rings. The van der Waals surface area contributed by atoms with Crippen LogP contribution in [0.2, 0.25) is 0 Å². The van der Waals surface area contributed by atoms with Gasteiger partial charge in [-0.05, 0) is 38.0 Å².